The van der Waals surface area contributed by atoms with Gasteiger partial charge in [0.05, 0.1) is 30.4 Å². The van der Waals surface area contributed by atoms with Gasteiger partial charge in [-0.3, -0.25) is 9.29 Å². The summed E-state index contributed by atoms with van der Waals surface area (Å²) in [4.78, 5) is 8.26. The number of methoxy groups -OCH3 is 1. The number of anilines is 1. The first-order valence-electron chi connectivity index (χ1n) is 11.0. The number of nitrogens with zero attached hydrogens (tertiary/aromatic N) is 5. The summed E-state index contributed by atoms with van der Waals surface area (Å²) in [5.74, 6) is 1.52. The molecule has 1 aliphatic heterocycles. The van der Waals surface area contributed by atoms with Gasteiger partial charge in [-0.15, -0.1) is 10.2 Å². The fourth-order valence-electron chi connectivity index (χ4n) is 4.57. The maximum atomic E-state index is 13.4. The lowest BCUT2D eigenvalue weighted by molar-refractivity contribution is -0.0954. The highest BCUT2D eigenvalue weighted by Gasteiger charge is 2.58. The van der Waals surface area contributed by atoms with E-state index in [-0.39, 0.29) is 23.4 Å². The van der Waals surface area contributed by atoms with Crippen LogP contribution >= 0.6 is 11.6 Å². The zero-order chi connectivity index (χ0) is 23.2. The zero-order valence-electron chi connectivity index (χ0n) is 18.5. The predicted molar refractivity (Wildman–Crippen MR) is 118 cm³/mol. The molecule has 3 fully saturated rings. The Morgan fingerprint density at radius 2 is 1.97 bits per heavy atom. The molecule has 3 heterocycles. The molecule has 11 nitrogen and oxygen atoms in total. The summed E-state index contributed by atoms with van der Waals surface area (Å²) in [7, 11) is -2.53. The average Bonchev–Trinajstić information content (AvgIpc) is 3.73. The highest BCUT2D eigenvalue weighted by molar-refractivity contribution is 7.93. The van der Waals surface area contributed by atoms with E-state index >= 15 is 0 Å². The second kappa shape index (κ2) is 8.73. The maximum absolute atomic E-state index is 13.4. The lowest BCUT2D eigenvalue weighted by atomic mass is 10.1. The minimum atomic E-state index is -3.94. The van der Waals surface area contributed by atoms with Gasteiger partial charge in [-0.05, 0) is 38.5 Å². The standard InChI is InChI=1S/C20H27ClN6O5S/c1-12(16(30-2)17-22-9-14(21)10-23-17)33(28,29)26-19-25-24-18(15-11-31-7-8-32-15)27(19)20(5-6-20)13-3-4-13/h9-10,12-13,15-16H,3-8,11H2,1-2H3,(H,25,26)/t12-,15-,16-/m0/s1. The quantitative estimate of drug-likeness (QED) is 0.552. The molecule has 13 heteroatoms. The Labute approximate surface area is 197 Å². The van der Waals surface area contributed by atoms with Gasteiger partial charge in [0.25, 0.3) is 0 Å². The molecule has 180 valence electrons. The number of aromatic nitrogens is 5. The SMILES string of the molecule is CO[C@H](c1ncc(Cl)cn1)[C@H](C)S(=O)(=O)Nc1nnc([C@@H]2COCCO2)n1C1(C2CC2)CC1. The van der Waals surface area contributed by atoms with E-state index < -0.39 is 21.4 Å². The van der Waals surface area contributed by atoms with Crippen LogP contribution in [0.15, 0.2) is 12.4 Å². The first kappa shape index (κ1) is 22.9. The van der Waals surface area contributed by atoms with Gasteiger partial charge in [0, 0.05) is 19.5 Å². The van der Waals surface area contributed by atoms with Crippen LogP contribution in [0.5, 0.6) is 0 Å². The summed E-state index contributed by atoms with van der Waals surface area (Å²) in [6.45, 7) is 2.90. The average molecular weight is 499 g/mol. The van der Waals surface area contributed by atoms with Crippen molar-refractivity contribution in [1.82, 2.24) is 24.7 Å². The van der Waals surface area contributed by atoms with Crippen molar-refractivity contribution in [3.63, 3.8) is 0 Å². The summed E-state index contributed by atoms with van der Waals surface area (Å²) in [6.07, 6.45) is 5.68. The number of nitrogens with one attached hydrogen (secondary N) is 1. The summed E-state index contributed by atoms with van der Waals surface area (Å²) in [5.41, 5.74) is -0.166. The van der Waals surface area contributed by atoms with Gasteiger partial charge in [0.2, 0.25) is 16.0 Å². The van der Waals surface area contributed by atoms with Crippen LogP contribution in [-0.2, 0) is 29.8 Å². The molecule has 0 bridgehead atoms. The van der Waals surface area contributed by atoms with Crippen LogP contribution in [0.2, 0.25) is 5.02 Å². The second-order valence-electron chi connectivity index (χ2n) is 8.80. The molecular formula is C20H27ClN6O5S. The van der Waals surface area contributed by atoms with E-state index in [1.54, 1.807) is 6.92 Å². The van der Waals surface area contributed by atoms with Gasteiger partial charge in [-0.25, -0.2) is 18.4 Å². The van der Waals surface area contributed by atoms with Crippen molar-refractivity contribution < 1.29 is 22.6 Å². The molecule has 3 atom stereocenters. The molecule has 5 rings (SSSR count). The zero-order valence-corrected chi connectivity index (χ0v) is 20.0. The second-order valence-corrected chi connectivity index (χ2v) is 11.3. The lowest BCUT2D eigenvalue weighted by Crippen LogP contribution is -2.35. The van der Waals surface area contributed by atoms with Gasteiger partial charge in [-0.2, -0.15) is 0 Å². The largest absolute Gasteiger partial charge is 0.376 e. The number of sulfonamides is 1. The third-order valence-electron chi connectivity index (χ3n) is 6.63. The molecule has 2 aromatic rings. The van der Waals surface area contributed by atoms with E-state index in [4.69, 9.17) is 25.8 Å². The Balaban J connectivity index is 1.45. The van der Waals surface area contributed by atoms with Crippen LogP contribution in [0.25, 0.3) is 0 Å². The van der Waals surface area contributed by atoms with E-state index in [9.17, 15) is 8.42 Å². The number of hydrogen-bond acceptors (Lipinski definition) is 9. The van der Waals surface area contributed by atoms with E-state index in [0.29, 0.717) is 36.6 Å². The molecule has 2 aliphatic carbocycles. The van der Waals surface area contributed by atoms with Crippen molar-refractivity contribution in [3.05, 3.63) is 29.1 Å². The maximum Gasteiger partial charge on any atom is 0.240 e. The van der Waals surface area contributed by atoms with Crippen LogP contribution in [0.4, 0.5) is 5.95 Å². The van der Waals surface area contributed by atoms with Crippen LogP contribution < -0.4 is 4.72 Å². The topological polar surface area (TPSA) is 130 Å². The van der Waals surface area contributed by atoms with Gasteiger partial charge in [-0.1, -0.05) is 11.6 Å². The highest BCUT2D eigenvalue weighted by atomic mass is 35.5. The number of hydrogen-bond donors (Lipinski definition) is 1. The molecule has 2 saturated carbocycles. The van der Waals surface area contributed by atoms with Crippen molar-refractivity contribution in [1.29, 1.82) is 0 Å². The minimum Gasteiger partial charge on any atom is -0.376 e. The molecule has 0 unspecified atom stereocenters. The Morgan fingerprint density at radius 3 is 2.55 bits per heavy atom. The van der Waals surface area contributed by atoms with E-state index in [2.05, 4.69) is 24.9 Å². The molecule has 0 radical (unpaired) electrons. The Bertz CT molecular complexity index is 1100. The molecule has 33 heavy (non-hydrogen) atoms. The van der Waals surface area contributed by atoms with Crippen molar-refractivity contribution in [2.45, 2.75) is 55.6 Å². The summed E-state index contributed by atoms with van der Waals surface area (Å²) >= 11 is 5.87. The third kappa shape index (κ3) is 4.34. The van der Waals surface area contributed by atoms with Gasteiger partial charge in [0.1, 0.15) is 17.5 Å². The normalized spacial score (nSPS) is 24.3. The Hall–Kier alpha value is -1.86. The van der Waals surface area contributed by atoms with E-state index in [0.717, 1.165) is 25.7 Å². The molecule has 0 amide bonds. The van der Waals surface area contributed by atoms with Crippen LogP contribution in [0, 0.1) is 5.92 Å². The van der Waals surface area contributed by atoms with Gasteiger partial charge >= 0.3 is 0 Å². The summed E-state index contributed by atoms with van der Waals surface area (Å²) in [6, 6.07) is 0. The molecule has 2 aromatic heterocycles. The molecule has 1 N–H and O–H groups in total. The van der Waals surface area contributed by atoms with E-state index in [1.807, 2.05) is 4.57 Å². The monoisotopic (exact) mass is 498 g/mol. The smallest absolute Gasteiger partial charge is 0.240 e. The molecule has 0 spiro atoms. The van der Waals surface area contributed by atoms with Crippen molar-refractivity contribution in [3.8, 4) is 0 Å². The van der Waals surface area contributed by atoms with Crippen molar-refractivity contribution in [2.24, 2.45) is 5.92 Å². The van der Waals surface area contributed by atoms with Gasteiger partial charge < -0.3 is 14.2 Å². The number of rotatable bonds is 9. The predicted octanol–water partition coefficient (Wildman–Crippen LogP) is 2.23. The fraction of sp³-hybridized carbons (Fsp3) is 0.700. The Kier molecular flexibility index (Phi) is 6.06. The summed E-state index contributed by atoms with van der Waals surface area (Å²) < 4.78 is 48.3. The fourth-order valence-corrected chi connectivity index (χ4v) is 5.80. The summed E-state index contributed by atoms with van der Waals surface area (Å²) in [5, 5.41) is 7.93. The lowest BCUT2D eigenvalue weighted by Gasteiger charge is -2.28. The van der Waals surface area contributed by atoms with Crippen molar-refractivity contribution >= 4 is 27.6 Å². The Morgan fingerprint density at radius 1 is 1.24 bits per heavy atom. The van der Waals surface area contributed by atoms with Crippen LogP contribution in [0.3, 0.4) is 0 Å². The van der Waals surface area contributed by atoms with Crippen molar-refractivity contribution in [2.75, 3.05) is 31.7 Å². The number of halogens is 1. The number of ether oxygens (including phenoxy) is 3. The van der Waals surface area contributed by atoms with Crippen LogP contribution in [-0.4, -0.2) is 65.3 Å². The molecule has 3 aliphatic rings. The van der Waals surface area contributed by atoms with Gasteiger partial charge in [0.15, 0.2) is 11.6 Å². The molecule has 1 saturated heterocycles. The first-order chi connectivity index (χ1) is 15.9. The molecular weight excluding hydrogens is 472 g/mol. The first-order valence-corrected chi connectivity index (χ1v) is 12.9. The highest BCUT2D eigenvalue weighted by Crippen LogP contribution is 2.60. The molecule has 0 aromatic carbocycles. The third-order valence-corrected chi connectivity index (χ3v) is 8.52. The van der Waals surface area contributed by atoms with E-state index in [1.165, 1.54) is 19.5 Å². The minimum absolute atomic E-state index is 0.166. The van der Waals surface area contributed by atoms with Crippen LogP contribution in [0.1, 0.15) is 56.5 Å².